The van der Waals surface area contributed by atoms with Gasteiger partial charge in [0.2, 0.25) is 23.6 Å². The van der Waals surface area contributed by atoms with Crippen LogP contribution in [0.4, 0.5) is 11.4 Å². The summed E-state index contributed by atoms with van der Waals surface area (Å²) >= 11 is 30.6. The van der Waals surface area contributed by atoms with Gasteiger partial charge in [-0.2, -0.15) is 0 Å². The molecule has 16 heteroatoms. The molecule has 70 heavy (non-hydrogen) atoms. The Balaban J connectivity index is 0.000000193. The molecule has 4 aliphatic heterocycles. The van der Waals surface area contributed by atoms with E-state index in [-0.39, 0.29) is 61.6 Å². The molecule has 4 saturated heterocycles. The largest absolute Gasteiger partial charge is 0.353 e. The Morgan fingerprint density at radius 3 is 1.41 bits per heavy atom. The lowest BCUT2D eigenvalue weighted by molar-refractivity contribution is -0.126. The number of nitrogens with one attached hydrogen (secondary N) is 5. The first kappa shape index (κ1) is 51.5. The molecule has 0 aliphatic carbocycles. The van der Waals surface area contributed by atoms with E-state index in [0.29, 0.717) is 44.9 Å². The summed E-state index contributed by atoms with van der Waals surface area (Å²) in [6, 6.07) is 38.2. The molecule has 4 aliphatic rings. The molecule has 5 aromatic carbocycles. The topological polar surface area (TPSA) is 135 Å². The summed E-state index contributed by atoms with van der Waals surface area (Å²) in [6.45, 7) is 1.78. The highest BCUT2D eigenvalue weighted by Crippen LogP contribution is 2.39. The maximum atomic E-state index is 12.7. The summed E-state index contributed by atoms with van der Waals surface area (Å²) in [5.74, 6) is -0.707. The van der Waals surface area contributed by atoms with Crippen LogP contribution >= 0.6 is 58.0 Å². The molecular weight excluding hydrogens is 988 g/mol. The number of anilines is 2. The molecule has 4 amide bonds. The van der Waals surface area contributed by atoms with Crippen LogP contribution in [-0.2, 0) is 45.1 Å². The lowest BCUT2D eigenvalue weighted by Gasteiger charge is -2.39. The standard InChI is InChI=1S/C30H31Cl3N4O2.C24H27Cl2N3O2/c31-21-10-8-19(9-11-21)18-37-23-12-13-24(37)16-22(15-23)35-29(39)17-34-28(38)14-20-4-1-2-7-27(20)36-30-25(32)5-3-6-26(30)33;25-18-6-4-16(5-7-18)15-29-21-8-9-22(29)13-20(12-21)28-24(31)14-27-23(30)11-17-2-1-3-19(26)10-17/h1-11,22-24,36H,12-18H2,(H,34,38)(H,35,39);1-7,10,20-22H,8-9,11-15H2,(H,27,30)(H,28,31)/t22-,23+,24-;20-,21+,22-. The van der Waals surface area contributed by atoms with E-state index in [1.54, 1.807) is 30.3 Å². The molecule has 6 atom stereocenters. The van der Waals surface area contributed by atoms with Crippen LogP contribution < -0.4 is 26.6 Å². The van der Waals surface area contributed by atoms with Gasteiger partial charge in [-0.15, -0.1) is 0 Å². The van der Waals surface area contributed by atoms with Crippen LogP contribution in [0.15, 0.2) is 115 Å². The Bertz CT molecular complexity index is 2570. The number of halogens is 5. The van der Waals surface area contributed by atoms with Gasteiger partial charge in [-0.25, -0.2) is 0 Å². The van der Waals surface area contributed by atoms with Crippen LogP contribution in [0.1, 0.15) is 73.6 Å². The molecule has 5 N–H and O–H groups in total. The number of hydrogen-bond donors (Lipinski definition) is 5. The van der Waals surface area contributed by atoms with Crippen LogP contribution in [0.3, 0.4) is 0 Å². The molecule has 5 aromatic rings. The van der Waals surface area contributed by atoms with Crippen molar-refractivity contribution >= 4 is 93.0 Å². The summed E-state index contributed by atoms with van der Waals surface area (Å²) in [4.78, 5) is 55.1. The molecule has 0 radical (unpaired) electrons. The summed E-state index contributed by atoms with van der Waals surface area (Å²) in [6.07, 6.45) is 8.71. The monoisotopic (exact) mass is 1040 g/mol. The first-order valence-electron chi connectivity index (χ1n) is 24.0. The second-order valence-corrected chi connectivity index (χ2v) is 20.9. The zero-order valence-electron chi connectivity index (χ0n) is 38.8. The third-order valence-electron chi connectivity index (χ3n) is 13.8. The summed E-state index contributed by atoms with van der Waals surface area (Å²) < 4.78 is 0. The smallest absolute Gasteiger partial charge is 0.239 e. The normalized spacial score (nSPS) is 21.5. The quantitative estimate of drug-likeness (QED) is 0.0664. The van der Waals surface area contributed by atoms with E-state index in [1.165, 1.54) is 24.0 Å². The van der Waals surface area contributed by atoms with Crippen molar-refractivity contribution in [2.75, 3.05) is 18.4 Å². The van der Waals surface area contributed by atoms with Gasteiger partial charge in [0, 0.05) is 70.1 Å². The van der Waals surface area contributed by atoms with E-state index in [1.807, 2.05) is 60.7 Å². The van der Waals surface area contributed by atoms with E-state index >= 15 is 0 Å². The van der Waals surface area contributed by atoms with Crippen LogP contribution in [0.2, 0.25) is 25.1 Å². The van der Waals surface area contributed by atoms with E-state index in [4.69, 9.17) is 58.0 Å². The number of hydrogen-bond acceptors (Lipinski definition) is 7. The number of nitrogens with zero attached hydrogens (tertiary/aromatic N) is 2. The van der Waals surface area contributed by atoms with Crippen molar-refractivity contribution in [2.45, 2.75) is 114 Å². The SMILES string of the molecule is O=C(Cc1cccc(Cl)c1)NCC(=O)N[C@H]1C[C@H]2CC[C@@H](C1)N2Cc1ccc(Cl)cc1.O=C(Cc1ccccc1Nc1c(Cl)cccc1Cl)NCC(=O)N[C@H]1C[C@H]2CC[C@@H](C1)N2Cc1ccc(Cl)cc1. The first-order valence-corrected chi connectivity index (χ1v) is 25.9. The molecule has 368 valence electrons. The zero-order valence-corrected chi connectivity index (χ0v) is 42.5. The Morgan fingerprint density at radius 1 is 0.471 bits per heavy atom. The second kappa shape index (κ2) is 24.5. The number of carbonyl (C=O) groups is 4. The third kappa shape index (κ3) is 14.4. The molecule has 0 aromatic heterocycles. The van der Waals surface area contributed by atoms with Crippen molar-refractivity contribution in [3.8, 4) is 0 Å². The average molecular weight is 1050 g/mol. The number of benzene rings is 5. The van der Waals surface area contributed by atoms with Gasteiger partial charge in [0.15, 0.2) is 0 Å². The number of amides is 4. The highest BCUT2D eigenvalue weighted by atomic mass is 35.5. The van der Waals surface area contributed by atoms with Gasteiger partial charge in [0.05, 0.1) is 41.7 Å². The van der Waals surface area contributed by atoms with Gasteiger partial charge < -0.3 is 26.6 Å². The number of piperidine rings is 2. The maximum Gasteiger partial charge on any atom is 0.239 e. The Labute approximate surface area is 435 Å². The van der Waals surface area contributed by atoms with E-state index in [9.17, 15) is 19.2 Å². The average Bonchev–Trinajstić information content (AvgIpc) is 3.70. The molecule has 11 nitrogen and oxygen atoms in total. The van der Waals surface area contributed by atoms with E-state index in [0.717, 1.165) is 78.5 Å². The predicted molar refractivity (Wildman–Crippen MR) is 281 cm³/mol. The maximum absolute atomic E-state index is 12.7. The van der Waals surface area contributed by atoms with Gasteiger partial charge in [0.1, 0.15) is 0 Å². The van der Waals surface area contributed by atoms with Crippen molar-refractivity contribution in [1.82, 2.24) is 31.1 Å². The third-order valence-corrected chi connectivity index (χ3v) is 15.2. The highest BCUT2D eigenvalue weighted by molar-refractivity contribution is 6.39. The minimum atomic E-state index is -0.234. The molecule has 0 saturated carbocycles. The van der Waals surface area contributed by atoms with Gasteiger partial charge in [-0.3, -0.25) is 29.0 Å². The van der Waals surface area contributed by atoms with Crippen LogP contribution in [0, 0.1) is 0 Å². The van der Waals surface area contributed by atoms with Gasteiger partial charge in [0.25, 0.3) is 0 Å². The van der Waals surface area contributed by atoms with Crippen molar-refractivity contribution in [3.05, 3.63) is 163 Å². The lowest BCUT2D eigenvalue weighted by Crippen LogP contribution is -2.51. The number of carbonyl (C=O) groups excluding carboxylic acids is 4. The molecule has 9 rings (SSSR count). The summed E-state index contributed by atoms with van der Waals surface area (Å²) in [7, 11) is 0. The van der Waals surface area contributed by atoms with Crippen LogP contribution in [0.5, 0.6) is 0 Å². The number of para-hydroxylation sites is 2. The van der Waals surface area contributed by atoms with Crippen molar-refractivity contribution in [2.24, 2.45) is 0 Å². The van der Waals surface area contributed by atoms with Crippen LogP contribution in [0.25, 0.3) is 0 Å². The molecule has 4 heterocycles. The lowest BCUT2D eigenvalue weighted by atomic mass is 9.96. The Kier molecular flexibility index (Phi) is 18.0. The highest BCUT2D eigenvalue weighted by Gasteiger charge is 2.42. The fourth-order valence-corrected chi connectivity index (χ4v) is 11.5. The van der Waals surface area contributed by atoms with E-state index < -0.39 is 0 Å². The second-order valence-electron chi connectivity index (χ2n) is 18.8. The summed E-state index contributed by atoms with van der Waals surface area (Å²) in [5, 5.41) is 18.1. The zero-order chi connectivity index (χ0) is 49.1. The van der Waals surface area contributed by atoms with Gasteiger partial charge >= 0.3 is 0 Å². The first-order chi connectivity index (χ1) is 33.8. The molecular formula is C54H58Cl5N7O4. The molecule has 0 unspecified atom stereocenters. The Hall–Kier alpha value is -4.85. The fraction of sp³-hybridized carbons (Fsp3) is 0.370. The van der Waals surface area contributed by atoms with E-state index in [2.05, 4.69) is 60.6 Å². The Morgan fingerprint density at radius 2 is 0.929 bits per heavy atom. The number of fused-ring (bicyclic) bond motifs is 4. The van der Waals surface area contributed by atoms with Crippen molar-refractivity contribution in [3.63, 3.8) is 0 Å². The number of rotatable bonds is 16. The molecule has 4 fully saturated rings. The summed E-state index contributed by atoms with van der Waals surface area (Å²) in [5.41, 5.74) is 5.44. The predicted octanol–water partition coefficient (Wildman–Crippen LogP) is 10.3. The van der Waals surface area contributed by atoms with Gasteiger partial charge in [-0.05, 0) is 128 Å². The fourth-order valence-electron chi connectivity index (χ4n) is 10.5. The van der Waals surface area contributed by atoms with Gasteiger partial charge in [-0.1, -0.05) is 119 Å². The molecule has 4 bridgehead atoms. The van der Waals surface area contributed by atoms with Crippen LogP contribution in [-0.4, -0.2) is 82.8 Å². The minimum Gasteiger partial charge on any atom is -0.353 e. The van der Waals surface area contributed by atoms with Crippen molar-refractivity contribution in [1.29, 1.82) is 0 Å². The van der Waals surface area contributed by atoms with Crippen molar-refractivity contribution < 1.29 is 19.2 Å². The molecule has 0 spiro atoms. The minimum absolute atomic E-state index is 0.000276.